The van der Waals surface area contributed by atoms with E-state index >= 15 is 0 Å². The van der Waals surface area contributed by atoms with Gasteiger partial charge in [-0.05, 0) is 49.3 Å². The van der Waals surface area contributed by atoms with Crippen LogP contribution in [0.4, 0.5) is 18.9 Å². The number of halogens is 3. The first-order chi connectivity index (χ1) is 10.3. The molecule has 1 aromatic carbocycles. The SMILES string of the molecule is NC(=S)NCCCCCC(=O)Nc1ccc(C(F)(F)F)cc1. The Morgan fingerprint density at radius 2 is 1.77 bits per heavy atom. The minimum atomic E-state index is -4.37. The fourth-order valence-electron chi connectivity index (χ4n) is 1.76. The van der Waals surface area contributed by atoms with Crippen LogP contribution in [0.1, 0.15) is 31.2 Å². The van der Waals surface area contributed by atoms with E-state index in [9.17, 15) is 18.0 Å². The van der Waals surface area contributed by atoms with Crippen LogP contribution in [0.15, 0.2) is 24.3 Å². The van der Waals surface area contributed by atoms with Gasteiger partial charge >= 0.3 is 6.18 Å². The van der Waals surface area contributed by atoms with Gasteiger partial charge in [0.25, 0.3) is 0 Å². The Kier molecular flexibility index (Phi) is 7.10. The van der Waals surface area contributed by atoms with Gasteiger partial charge in [-0.3, -0.25) is 4.79 Å². The van der Waals surface area contributed by atoms with Crippen LogP contribution in [0.25, 0.3) is 0 Å². The highest BCUT2D eigenvalue weighted by Gasteiger charge is 2.29. The lowest BCUT2D eigenvalue weighted by Gasteiger charge is -2.09. The van der Waals surface area contributed by atoms with E-state index < -0.39 is 11.7 Å². The highest BCUT2D eigenvalue weighted by Crippen LogP contribution is 2.29. The number of carbonyl (C=O) groups excluding carboxylic acids is 1. The monoisotopic (exact) mass is 333 g/mol. The fourth-order valence-corrected chi connectivity index (χ4v) is 1.87. The van der Waals surface area contributed by atoms with Crippen molar-refractivity contribution in [1.82, 2.24) is 5.32 Å². The van der Waals surface area contributed by atoms with Crippen LogP contribution in [0, 0.1) is 0 Å². The van der Waals surface area contributed by atoms with Gasteiger partial charge in [-0.2, -0.15) is 13.2 Å². The molecule has 8 heteroatoms. The van der Waals surface area contributed by atoms with Crippen molar-refractivity contribution in [3.63, 3.8) is 0 Å². The number of nitrogens with two attached hydrogens (primary N) is 1. The van der Waals surface area contributed by atoms with Crippen LogP contribution >= 0.6 is 12.2 Å². The largest absolute Gasteiger partial charge is 0.416 e. The number of alkyl halides is 3. The molecule has 0 aliphatic carbocycles. The van der Waals surface area contributed by atoms with Crippen molar-refractivity contribution in [1.29, 1.82) is 0 Å². The molecule has 22 heavy (non-hydrogen) atoms. The van der Waals surface area contributed by atoms with E-state index in [1.54, 1.807) is 0 Å². The second kappa shape index (κ2) is 8.57. The zero-order chi connectivity index (χ0) is 16.6. The second-order valence-electron chi connectivity index (χ2n) is 4.72. The maximum absolute atomic E-state index is 12.4. The molecule has 122 valence electrons. The Balaban J connectivity index is 2.26. The molecule has 4 nitrogen and oxygen atoms in total. The van der Waals surface area contributed by atoms with Crippen molar-refractivity contribution in [2.45, 2.75) is 31.9 Å². The average molecular weight is 333 g/mol. The summed E-state index contributed by atoms with van der Waals surface area (Å²) < 4.78 is 37.2. The third kappa shape index (κ3) is 7.26. The summed E-state index contributed by atoms with van der Waals surface area (Å²) in [7, 11) is 0. The number of amides is 1. The van der Waals surface area contributed by atoms with E-state index in [2.05, 4.69) is 22.9 Å². The Labute approximate surface area is 132 Å². The van der Waals surface area contributed by atoms with Crippen LogP contribution in [0.5, 0.6) is 0 Å². The van der Waals surface area contributed by atoms with Gasteiger partial charge in [0.15, 0.2) is 5.11 Å². The Hall–Kier alpha value is -1.83. The van der Waals surface area contributed by atoms with Gasteiger partial charge in [-0.15, -0.1) is 0 Å². The van der Waals surface area contributed by atoms with Crippen LogP contribution < -0.4 is 16.4 Å². The highest BCUT2D eigenvalue weighted by atomic mass is 32.1. The lowest BCUT2D eigenvalue weighted by molar-refractivity contribution is -0.137. The topological polar surface area (TPSA) is 67.1 Å². The number of hydrogen-bond acceptors (Lipinski definition) is 2. The molecule has 0 aromatic heterocycles. The first-order valence-electron chi connectivity index (χ1n) is 6.79. The van der Waals surface area contributed by atoms with Crippen molar-refractivity contribution in [3.8, 4) is 0 Å². The zero-order valence-corrected chi connectivity index (χ0v) is 12.7. The normalized spacial score (nSPS) is 11.0. The maximum Gasteiger partial charge on any atom is 0.416 e. The predicted molar refractivity (Wildman–Crippen MR) is 83.3 cm³/mol. The van der Waals surface area contributed by atoms with Gasteiger partial charge in [0.05, 0.1) is 5.56 Å². The Morgan fingerprint density at radius 3 is 2.32 bits per heavy atom. The van der Waals surface area contributed by atoms with Crippen molar-refractivity contribution < 1.29 is 18.0 Å². The van der Waals surface area contributed by atoms with E-state index in [0.717, 1.165) is 25.0 Å². The average Bonchev–Trinajstić information content (AvgIpc) is 2.42. The molecule has 0 unspecified atom stereocenters. The Morgan fingerprint density at radius 1 is 1.14 bits per heavy atom. The lowest BCUT2D eigenvalue weighted by Crippen LogP contribution is -2.29. The molecule has 1 rings (SSSR count). The third-order valence-electron chi connectivity index (χ3n) is 2.88. The summed E-state index contributed by atoms with van der Waals surface area (Å²) in [5.41, 5.74) is 4.88. The minimum absolute atomic E-state index is 0.220. The summed E-state index contributed by atoms with van der Waals surface area (Å²) in [6.07, 6.45) is -1.71. The number of carbonyl (C=O) groups is 1. The molecule has 0 spiro atoms. The molecule has 0 saturated heterocycles. The van der Waals surface area contributed by atoms with Crippen molar-refractivity contribution in [3.05, 3.63) is 29.8 Å². The van der Waals surface area contributed by atoms with Crippen molar-refractivity contribution >= 4 is 28.9 Å². The van der Waals surface area contributed by atoms with Crippen LogP contribution in [0.2, 0.25) is 0 Å². The molecular weight excluding hydrogens is 315 g/mol. The molecule has 0 aliphatic rings. The second-order valence-corrected chi connectivity index (χ2v) is 5.16. The van der Waals surface area contributed by atoms with Gasteiger partial charge in [0.2, 0.25) is 5.91 Å². The van der Waals surface area contributed by atoms with Gasteiger partial charge in [-0.25, -0.2) is 0 Å². The molecule has 0 saturated carbocycles. The molecule has 4 N–H and O–H groups in total. The van der Waals surface area contributed by atoms with E-state index in [1.165, 1.54) is 12.1 Å². The maximum atomic E-state index is 12.4. The molecule has 0 aliphatic heterocycles. The summed E-state index contributed by atoms with van der Waals surface area (Å²) in [4.78, 5) is 11.6. The summed E-state index contributed by atoms with van der Waals surface area (Å²) in [6, 6.07) is 4.37. The van der Waals surface area contributed by atoms with Gasteiger partial charge in [-0.1, -0.05) is 6.42 Å². The smallest absolute Gasteiger partial charge is 0.376 e. The van der Waals surface area contributed by atoms with Crippen molar-refractivity contribution in [2.24, 2.45) is 5.73 Å². The molecule has 0 atom stereocenters. The summed E-state index contributed by atoms with van der Waals surface area (Å²) in [6.45, 7) is 0.663. The predicted octanol–water partition coefficient (Wildman–Crippen LogP) is 3.04. The number of thiocarbonyl (C=S) groups is 1. The highest BCUT2D eigenvalue weighted by molar-refractivity contribution is 7.80. The number of benzene rings is 1. The molecule has 0 heterocycles. The first-order valence-corrected chi connectivity index (χ1v) is 7.20. The third-order valence-corrected chi connectivity index (χ3v) is 3.02. The summed E-state index contributed by atoms with van der Waals surface area (Å²) in [5, 5.41) is 5.62. The fraction of sp³-hybridized carbons (Fsp3) is 0.429. The summed E-state index contributed by atoms with van der Waals surface area (Å²) in [5.74, 6) is -0.220. The van der Waals surface area contributed by atoms with Gasteiger partial charge in [0, 0.05) is 18.7 Å². The number of nitrogens with one attached hydrogen (secondary N) is 2. The quantitative estimate of drug-likeness (QED) is 0.530. The van der Waals surface area contributed by atoms with E-state index in [0.29, 0.717) is 25.1 Å². The lowest BCUT2D eigenvalue weighted by atomic mass is 10.1. The van der Waals surface area contributed by atoms with Gasteiger partial charge < -0.3 is 16.4 Å². The van der Waals surface area contributed by atoms with Crippen LogP contribution in [-0.2, 0) is 11.0 Å². The van der Waals surface area contributed by atoms with Crippen LogP contribution in [0.3, 0.4) is 0 Å². The van der Waals surface area contributed by atoms with Gasteiger partial charge in [0.1, 0.15) is 0 Å². The van der Waals surface area contributed by atoms with Crippen molar-refractivity contribution in [2.75, 3.05) is 11.9 Å². The number of rotatable bonds is 7. The van der Waals surface area contributed by atoms with E-state index in [4.69, 9.17) is 5.73 Å². The number of hydrogen-bond donors (Lipinski definition) is 3. The first kappa shape index (κ1) is 18.2. The molecule has 0 bridgehead atoms. The number of unbranched alkanes of at least 4 members (excludes halogenated alkanes) is 2. The molecular formula is C14H18F3N3OS. The van der Waals surface area contributed by atoms with E-state index in [1.807, 2.05) is 0 Å². The molecule has 0 fully saturated rings. The molecule has 0 radical (unpaired) electrons. The molecule has 1 aromatic rings. The standard InChI is InChI=1S/C14H18F3N3OS/c15-14(16,17)10-5-7-11(8-6-10)20-12(21)4-2-1-3-9-19-13(18)22/h5-8H,1-4,9H2,(H,20,21)(H3,18,19,22). The summed E-state index contributed by atoms with van der Waals surface area (Å²) >= 11 is 4.65. The molecule has 1 amide bonds. The number of anilines is 1. The minimum Gasteiger partial charge on any atom is -0.376 e. The zero-order valence-electron chi connectivity index (χ0n) is 11.9. The van der Waals surface area contributed by atoms with Crippen LogP contribution in [-0.4, -0.2) is 17.6 Å². The van der Waals surface area contributed by atoms with E-state index in [-0.39, 0.29) is 11.0 Å². The Bertz CT molecular complexity index is 503.